The Bertz CT molecular complexity index is 607. The summed E-state index contributed by atoms with van der Waals surface area (Å²) >= 11 is 5.89. The van der Waals surface area contributed by atoms with Crippen LogP contribution in [0, 0.1) is 11.3 Å². The zero-order valence-electron chi connectivity index (χ0n) is 12.2. The fraction of sp³-hybridized carbons (Fsp3) is 0.500. The lowest BCUT2D eigenvalue weighted by Crippen LogP contribution is -2.37. The Hall–Kier alpha value is -1.59. The van der Waals surface area contributed by atoms with Crippen LogP contribution in [-0.2, 0) is 9.59 Å². The van der Waals surface area contributed by atoms with E-state index in [2.05, 4.69) is 5.32 Å². The van der Waals surface area contributed by atoms with E-state index in [1.165, 1.54) is 0 Å². The number of anilines is 1. The zero-order chi connectivity index (χ0) is 15.7. The summed E-state index contributed by atoms with van der Waals surface area (Å²) in [6.45, 7) is 1.38. The van der Waals surface area contributed by atoms with E-state index in [1.54, 1.807) is 24.3 Å². The summed E-state index contributed by atoms with van der Waals surface area (Å²) in [6, 6.07) is 6.99. The molecule has 1 aromatic carbocycles. The molecule has 22 heavy (non-hydrogen) atoms. The number of carboxylic acids is 1. The van der Waals surface area contributed by atoms with E-state index in [9.17, 15) is 14.7 Å². The van der Waals surface area contributed by atoms with E-state index in [0.29, 0.717) is 23.8 Å². The van der Waals surface area contributed by atoms with E-state index in [-0.39, 0.29) is 18.4 Å². The molecule has 3 rings (SSSR count). The highest BCUT2D eigenvalue weighted by Crippen LogP contribution is 2.48. The van der Waals surface area contributed by atoms with Gasteiger partial charge in [0, 0.05) is 23.8 Å². The van der Waals surface area contributed by atoms with Gasteiger partial charge in [-0.25, -0.2) is 0 Å². The first-order chi connectivity index (χ1) is 10.5. The minimum absolute atomic E-state index is 0.136. The Morgan fingerprint density at radius 3 is 2.95 bits per heavy atom. The van der Waals surface area contributed by atoms with Crippen molar-refractivity contribution < 1.29 is 14.7 Å². The van der Waals surface area contributed by atoms with Crippen molar-refractivity contribution in [3.63, 3.8) is 0 Å². The van der Waals surface area contributed by atoms with Crippen LogP contribution < -0.4 is 5.32 Å². The minimum atomic E-state index is -0.715. The Kier molecular flexibility index (Phi) is 4.10. The Morgan fingerprint density at radius 2 is 2.27 bits per heavy atom. The van der Waals surface area contributed by atoms with Gasteiger partial charge in [-0.3, -0.25) is 14.5 Å². The van der Waals surface area contributed by atoms with Gasteiger partial charge in [0.15, 0.2) is 0 Å². The van der Waals surface area contributed by atoms with Crippen LogP contribution in [0.3, 0.4) is 0 Å². The Morgan fingerprint density at radius 1 is 1.45 bits per heavy atom. The van der Waals surface area contributed by atoms with Crippen molar-refractivity contribution in [3.05, 3.63) is 29.3 Å². The smallest absolute Gasteiger partial charge is 0.311 e. The second kappa shape index (κ2) is 5.89. The van der Waals surface area contributed by atoms with Crippen LogP contribution in [0.4, 0.5) is 5.69 Å². The minimum Gasteiger partial charge on any atom is -0.481 e. The van der Waals surface area contributed by atoms with Crippen LogP contribution in [-0.4, -0.2) is 41.5 Å². The molecule has 1 aliphatic carbocycles. The fourth-order valence-electron chi connectivity index (χ4n) is 3.83. The summed E-state index contributed by atoms with van der Waals surface area (Å²) in [5.74, 6) is -0.681. The van der Waals surface area contributed by atoms with E-state index in [4.69, 9.17) is 11.6 Å². The average molecular weight is 323 g/mol. The van der Waals surface area contributed by atoms with Gasteiger partial charge < -0.3 is 10.4 Å². The molecule has 2 aliphatic rings. The molecule has 1 amide bonds. The molecule has 0 spiro atoms. The number of hydrogen-bond donors (Lipinski definition) is 2. The summed E-state index contributed by atoms with van der Waals surface area (Å²) < 4.78 is 0. The number of amides is 1. The van der Waals surface area contributed by atoms with Crippen molar-refractivity contribution in [1.29, 1.82) is 0 Å². The molecule has 5 nitrogen and oxygen atoms in total. The number of carbonyl (C=O) groups is 2. The van der Waals surface area contributed by atoms with Gasteiger partial charge in [0.05, 0.1) is 12.0 Å². The first-order valence-electron chi connectivity index (χ1n) is 7.51. The second-order valence-corrected chi connectivity index (χ2v) is 6.72. The van der Waals surface area contributed by atoms with Gasteiger partial charge in [0.25, 0.3) is 0 Å². The third-order valence-corrected chi connectivity index (χ3v) is 5.08. The maximum Gasteiger partial charge on any atom is 0.311 e. The lowest BCUT2D eigenvalue weighted by atomic mass is 9.81. The van der Waals surface area contributed by atoms with Gasteiger partial charge in [0.2, 0.25) is 5.91 Å². The third kappa shape index (κ3) is 2.83. The predicted octanol–water partition coefficient (Wildman–Crippen LogP) is 2.47. The molecule has 1 aliphatic heterocycles. The monoisotopic (exact) mass is 322 g/mol. The Balaban J connectivity index is 1.60. The van der Waals surface area contributed by atoms with Crippen molar-refractivity contribution in [2.24, 2.45) is 11.3 Å². The molecule has 1 saturated carbocycles. The molecule has 0 unspecified atom stereocenters. The van der Waals surface area contributed by atoms with Crippen LogP contribution in [0.15, 0.2) is 24.3 Å². The van der Waals surface area contributed by atoms with Crippen molar-refractivity contribution >= 4 is 29.2 Å². The molecule has 118 valence electrons. The number of nitrogens with one attached hydrogen (secondary N) is 1. The van der Waals surface area contributed by atoms with Gasteiger partial charge in [-0.1, -0.05) is 24.1 Å². The molecule has 6 heteroatoms. The van der Waals surface area contributed by atoms with Crippen LogP contribution in [0.25, 0.3) is 0 Å². The zero-order valence-corrected chi connectivity index (χ0v) is 13.0. The molecular formula is C16H19ClN2O3. The normalized spacial score (nSPS) is 27.6. The molecule has 1 saturated heterocycles. The number of likely N-dealkylation sites (tertiary alicyclic amines) is 1. The van der Waals surface area contributed by atoms with Gasteiger partial charge in [0.1, 0.15) is 0 Å². The number of carbonyl (C=O) groups excluding carboxylic acids is 1. The first-order valence-corrected chi connectivity index (χ1v) is 7.88. The van der Waals surface area contributed by atoms with Crippen LogP contribution in [0.2, 0.25) is 5.02 Å². The molecule has 0 bridgehead atoms. The number of hydrogen-bond acceptors (Lipinski definition) is 3. The van der Waals surface area contributed by atoms with Crippen molar-refractivity contribution in [2.75, 3.05) is 25.0 Å². The lowest BCUT2D eigenvalue weighted by Gasteiger charge is -2.23. The van der Waals surface area contributed by atoms with E-state index in [0.717, 1.165) is 19.3 Å². The molecule has 1 heterocycles. The molecule has 0 radical (unpaired) electrons. The second-order valence-electron chi connectivity index (χ2n) is 6.28. The van der Waals surface area contributed by atoms with E-state index in [1.807, 2.05) is 4.90 Å². The van der Waals surface area contributed by atoms with E-state index < -0.39 is 11.4 Å². The summed E-state index contributed by atoms with van der Waals surface area (Å²) in [6.07, 6.45) is 2.64. The maximum atomic E-state index is 12.1. The van der Waals surface area contributed by atoms with Crippen LogP contribution >= 0.6 is 11.6 Å². The van der Waals surface area contributed by atoms with Crippen molar-refractivity contribution in [1.82, 2.24) is 4.90 Å². The molecule has 0 aromatic heterocycles. The van der Waals surface area contributed by atoms with Gasteiger partial charge in [-0.15, -0.1) is 0 Å². The Labute approximate surface area is 134 Å². The first kappa shape index (κ1) is 15.3. The van der Waals surface area contributed by atoms with Gasteiger partial charge >= 0.3 is 5.97 Å². The molecule has 2 fully saturated rings. The topological polar surface area (TPSA) is 69.6 Å². The van der Waals surface area contributed by atoms with E-state index >= 15 is 0 Å². The highest BCUT2D eigenvalue weighted by molar-refractivity contribution is 6.30. The van der Waals surface area contributed by atoms with Crippen molar-refractivity contribution in [3.8, 4) is 0 Å². The summed E-state index contributed by atoms with van der Waals surface area (Å²) in [4.78, 5) is 25.7. The quantitative estimate of drug-likeness (QED) is 0.893. The fourth-order valence-corrected chi connectivity index (χ4v) is 4.02. The highest BCUT2D eigenvalue weighted by atomic mass is 35.5. The van der Waals surface area contributed by atoms with Gasteiger partial charge in [-0.2, -0.15) is 0 Å². The number of carboxylic acid groups (broad SMARTS) is 1. The number of halogens is 1. The highest BCUT2D eigenvalue weighted by Gasteiger charge is 2.54. The molecule has 2 atom stereocenters. The molecule has 1 aromatic rings. The number of nitrogens with zero attached hydrogens (tertiary/aromatic N) is 1. The SMILES string of the molecule is O=C(CN1C[C@@H]2CCC[C@@]2(C(=O)O)C1)Nc1cccc(Cl)c1. The van der Waals surface area contributed by atoms with Gasteiger partial charge in [-0.05, 0) is 37.0 Å². The summed E-state index contributed by atoms with van der Waals surface area (Å²) in [5.41, 5.74) is 0.0147. The molecular weight excluding hydrogens is 304 g/mol. The maximum absolute atomic E-state index is 12.1. The lowest BCUT2D eigenvalue weighted by molar-refractivity contribution is -0.149. The number of benzene rings is 1. The van der Waals surface area contributed by atoms with Crippen LogP contribution in [0.5, 0.6) is 0 Å². The number of fused-ring (bicyclic) bond motifs is 1. The summed E-state index contributed by atoms with van der Waals surface area (Å²) in [7, 11) is 0. The summed E-state index contributed by atoms with van der Waals surface area (Å²) in [5, 5.41) is 12.9. The largest absolute Gasteiger partial charge is 0.481 e. The third-order valence-electron chi connectivity index (χ3n) is 4.84. The van der Waals surface area contributed by atoms with Crippen LogP contribution in [0.1, 0.15) is 19.3 Å². The molecule has 2 N–H and O–H groups in total. The number of aliphatic carboxylic acids is 1. The predicted molar refractivity (Wildman–Crippen MR) is 83.9 cm³/mol. The standard InChI is InChI=1S/C16H19ClN2O3/c17-12-4-1-5-13(7-12)18-14(20)9-19-8-11-3-2-6-16(11,10-19)15(21)22/h1,4-5,7,11H,2-3,6,8-10H2,(H,18,20)(H,21,22)/t11-,16+/m0/s1. The number of rotatable bonds is 4. The average Bonchev–Trinajstić information content (AvgIpc) is 2.95. The van der Waals surface area contributed by atoms with Crippen molar-refractivity contribution in [2.45, 2.75) is 19.3 Å².